The molecular weight excluding hydrogens is 386 g/mol. The van der Waals surface area contributed by atoms with Crippen LogP contribution in [0.4, 0.5) is 5.69 Å². The summed E-state index contributed by atoms with van der Waals surface area (Å²) in [6.45, 7) is 2.10. The maximum atomic E-state index is 13.2. The van der Waals surface area contributed by atoms with Crippen molar-refractivity contribution >= 4 is 34.7 Å². The maximum absolute atomic E-state index is 13.2. The molecule has 29 heavy (non-hydrogen) atoms. The molecule has 0 unspecified atom stereocenters. The lowest BCUT2D eigenvalue weighted by Crippen LogP contribution is -2.32. The standard InChI is InChI=1S/C23H18ClN3O2/c1-15-5-2-3-7-19(15)26-21-20(17-8-10-18(24)11-9-17)22(28)27(23(21)29)14-16-6-4-12-25-13-16/h2-13,26H,14H2,1H3. The van der Waals surface area contributed by atoms with Gasteiger partial charge in [-0.3, -0.25) is 19.5 Å². The number of carbonyl (C=O) groups excluding carboxylic acids is 2. The first-order chi connectivity index (χ1) is 14.0. The first-order valence-electron chi connectivity index (χ1n) is 9.12. The molecule has 144 valence electrons. The van der Waals surface area contributed by atoms with Crippen LogP contribution >= 0.6 is 11.6 Å². The van der Waals surface area contributed by atoms with E-state index in [-0.39, 0.29) is 24.1 Å². The lowest BCUT2D eigenvalue weighted by Gasteiger charge is -2.15. The van der Waals surface area contributed by atoms with E-state index in [0.29, 0.717) is 16.2 Å². The summed E-state index contributed by atoms with van der Waals surface area (Å²) in [7, 11) is 0. The van der Waals surface area contributed by atoms with Crippen LogP contribution in [0.25, 0.3) is 5.57 Å². The summed E-state index contributed by atoms with van der Waals surface area (Å²) in [5, 5.41) is 3.75. The van der Waals surface area contributed by atoms with Crippen molar-refractivity contribution in [3.05, 3.63) is 100 Å². The summed E-state index contributed by atoms with van der Waals surface area (Å²) >= 11 is 6.01. The number of rotatable bonds is 5. The zero-order valence-electron chi connectivity index (χ0n) is 15.7. The van der Waals surface area contributed by atoms with E-state index in [2.05, 4.69) is 10.3 Å². The summed E-state index contributed by atoms with van der Waals surface area (Å²) in [6.07, 6.45) is 3.30. The summed E-state index contributed by atoms with van der Waals surface area (Å²) in [6, 6.07) is 18.1. The van der Waals surface area contributed by atoms with Crippen LogP contribution in [0.15, 0.2) is 78.8 Å². The third-order valence-corrected chi connectivity index (χ3v) is 5.02. The molecule has 2 amide bonds. The number of hydrogen-bond donors (Lipinski definition) is 1. The van der Waals surface area contributed by atoms with Gasteiger partial charge in [-0.05, 0) is 47.9 Å². The molecule has 0 radical (unpaired) electrons. The summed E-state index contributed by atoms with van der Waals surface area (Å²) in [4.78, 5) is 31.8. The van der Waals surface area contributed by atoms with Gasteiger partial charge in [0.05, 0.1) is 12.1 Å². The summed E-state index contributed by atoms with van der Waals surface area (Å²) in [5.74, 6) is -0.718. The third kappa shape index (κ3) is 3.77. The van der Waals surface area contributed by atoms with Gasteiger partial charge in [-0.2, -0.15) is 0 Å². The van der Waals surface area contributed by atoms with E-state index in [0.717, 1.165) is 16.8 Å². The Morgan fingerprint density at radius 3 is 2.41 bits per heavy atom. The Labute approximate surface area is 173 Å². The number of benzene rings is 2. The van der Waals surface area contributed by atoms with Crippen LogP contribution in [0.5, 0.6) is 0 Å². The fourth-order valence-corrected chi connectivity index (χ4v) is 3.37. The second kappa shape index (κ2) is 7.89. The smallest absolute Gasteiger partial charge is 0.278 e. The number of nitrogens with one attached hydrogen (secondary N) is 1. The highest BCUT2D eigenvalue weighted by Crippen LogP contribution is 2.32. The summed E-state index contributed by atoms with van der Waals surface area (Å²) < 4.78 is 0. The predicted molar refractivity (Wildman–Crippen MR) is 113 cm³/mol. The zero-order chi connectivity index (χ0) is 20.4. The van der Waals surface area contributed by atoms with Gasteiger partial charge in [-0.1, -0.05) is 48.0 Å². The minimum absolute atomic E-state index is 0.154. The number of anilines is 1. The number of nitrogens with zero attached hydrogens (tertiary/aromatic N) is 2. The molecular formula is C23H18ClN3O2. The second-order valence-corrected chi connectivity index (χ2v) is 7.19. The van der Waals surface area contributed by atoms with Gasteiger partial charge in [0.15, 0.2) is 0 Å². The predicted octanol–water partition coefficient (Wildman–Crippen LogP) is 4.44. The van der Waals surface area contributed by atoms with Crippen LogP contribution in [0, 0.1) is 6.92 Å². The molecule has 0 fully saturated rings. The number of aryl methyl sites for hydroxylation is 1. The Balaban J connectivity index is 1.76. The van der Waals surface area contributed by atoms with E-state index in [1.165, 1.54) is 4.90 Å². The van der Waals surface area contributed by atoms with Crippen molar-refractivity contribution in [1.29, 1.82) is 0 Å². The number of carbonyl (C=O) groups is 2. The van der Waals surface area contributed by atoms with Gasteiger partial charge in [-0.25, -0.2) is 0 Å². The molecule has 0 bridgehead atoms. The zero-order valence-corrected chi connectivity index (χ0v) is 16.5. The Kier molecular flexibility index (Phi) is 5.14. The van der Waals surface area contributed by atoms with Crippen LogP contribution in [0.3, 0.4) is 0 Å². The minimum atomic E-state index is -0.368. The lowest BCUT2D eigenvalue weighted by molar-refractivity contribution is -0.137. The Hall–Kier alpha value is -3.44. The number of aromatic nitrogens is 1. The normalized spacial score (nSPS) is 13.9. The van der Waals surface area contributed by atoms with Crippen molar-refractivity contribution in [3.63, 3.8) is 0 Å². The van der Waals surface area contributed by atoms with Crippen LogP contribution in [0.2, 0.25) is 5.02 Å². The minimum Gasteiger partial charge on any atom is -0.350 e. The number of hydrogen-bond acceptors (Lipinski definition) is 4. The topological polar surface area (TPSA) is 62.3 Å². The first kappa shape index (κ1) is 18.9. The number of amides is 2. The first-order valence-corrected chi connectivity index (χ1v) is 9.50. The van der Waals surface area contributed by atoms with Crippen molar-refractivity contribution < 1.29 is 9.59 Å². The largest absolute Gasteiger partial charge is 0.350 e. The molecule has 4 rings (SSSR count). The number of pyridine rings is 1. The van der Waals surface area contributed by atoms with E-state index >= 15 is 0 Å². The van der Waals surface area contributed by atoms with Crippen molar-refractivity contribution in [1.82, 2.24) is 9.88 Å². The Bertz CT molecular complexity index is 1110. The molecule has 0 atom stereocenters. The molecule has 0 saturated carbocycles. The molecule has 0 aliphatic carbocycles. The highest BCUT2D eigenvalue weighted by molar-refractivity contribution is 6.36. The molecule has 1 aromatic heterocycles. The number of halogens is 1. The van der Waals surface area contributed by atoms with Crippen molar-refractivity contribution in [2.45, 2.75) is 13.5 Å². The molecule has 1 aliphatic rings. The van der Waals surface area contributed by atoms with Gasteiger partial charge in [0, 0.05) is 23.1 Å². The van der Waals surface area contributed by atoms with Gasteiger partial charge in [-0.15, -0.1) is 0 Å². The fraction of sp³-hybridized carbons (Fsp3) is 0.0870. The van der Waals surface area contributed by atoms with Gasteiger partial charge < -0.3 is 5.32 Å². The van der Waals surface area contributed by atoms with E-state index in [9.17, 15) is 9.59 Å². The quantitative estimate of drug-likeness (QED) is 0.640. The van der Waals surface area contributed by atoms with Crippen molar-refractivity contribution in [3.8, 4) is 0 Å². The van der Waals surface area contributed by atoms with E-state index in [4.69, 9.17) is 11.6 Å². The molecule has 5 nitrogen and oxygen atoms in total. The second-order valence-electron chi connectivity index (χ2n) is 6.75. The molecule has 2 heterocycles. The van der Waals surface area contributed by atoms with Gasteiger partial charge >= 0.3 is 0 Å². The fourth-order valence-electron chi connectivity index (χ4n) is 3.24. The molecule has 0 spiro atoms. The van der Waals surface area contributed by atoms with Crippen LogP contribution in [0.1, 0.15) is 16.7 Å². The SMILES string of the molecule is Cc1ccccc1NC1=C(c2ccc(Cl)cc2)C(=O)N(Cc2cccnc2)C1=O. The van der Waals surface area contributed by atoms with Gasteiger partial charge in [0.2, 0.25) is 0 Å². The Morgan fingerprint density at radius 1 is 0.966 bits per heavy atom. The average molecular weight is 404 g/mol. The molecule has 6 heteroatoms. The summed E-state index contributed by atoms with van der Waals surface area (Å²) in [5.41, 5.74) is 3.76. The third-order valence-electron chi connectivity index (χ3n) is 4.77. The highest BCUT2D eigenvalue weighted by Gasteiger charge is 2.39. The lowest BCUT2D eigenvalue weighted by atomic mass is 10.0. The molecule has 0 saturated heterocycles. The average Bonchev–Trinajstić information content (AvgIpc) is 2.95. The molecule has 1 aliphatic heterocycles. The Morgan fingerprint density at radius 2 is 1.72 bits per heavy atom. The molecule has 1 N–H and O–H groups in total. The molecule has 2 aromatic carbocycles. The van der Waals surface area contributed by atoms with Gasteiger partial charge in [0.1, 0.15) is 5.70 Å². The number of imide groups is 1. The monoisotopic (exact) mass is 403 g/mol. The van der Waals surface area contributed by atoms with Crippen molar-refractivity contribution in [2.75, 3.05) is 5.32 Å². The van der Waals surface area contributed by atoms with E-state index in [1.54, 1.807) is 42.7 Å². The van der Waals surface area contributed by atoms with E-state index < -0.39 is 0 Å². The van der Waals surface area contributed by atoms with Crippen LogP contribution in [-0.2, 0) is 16.1 Å². The van der Waals surface area contributed by atoms with E-state index in [1.807, 2.05) is 37.3 Å². The van der Waals surface area contributed by atoms with Crippen LogP contribution in [-0.4, -0.2) is 21.7 Å². The highest BCUT2D eigenvalue weighted by atomic mass is 35.5. The van der Waals surface area contributed by atoms with Crippen molar-refractivity contribution in [2.24, 2.45) is 0 Å². The number of para-hydroxylation sites is 1. The van der Waals surface area contributed by atoms with Gasteiger partial charge in [0.25, 0.3) is 11.8 Å². The maximum Gasteiger partial charge on any atom is 0.278 e. The van der Waals surface area contributed by atoms with Crippen LogP contribution < -0.4 is 5.32 Å². The molecule has 3 aromatic rings.